The van der Waals surface area contributed by atoms with Crippen LogP contribution in [-0.2, 0) is 16.1 Å². The third kappa shape index (κ3) is 4.17. The number of fused-ring (bicyclic) bond motifs is 1. The maximum atomic E-state index is 12.7. The van der Waals surface area contributed by atoms with Crippen LogP contribution in [0.25, 0.3) is 33.5 Å². The van der Waals surface area contributed by atoms with Crippen LogP contribution in [0.1, 0.15) is 25.3 Å². The number of carboxylic acid groups (broad SMARTS) is 1. The van der Waals surface area contributed by atoms with Crippen molar-refractivity contribution in [3.8, 4) is 22.6 Å². The van der Waals surface area contributed by atoms with E-state index in [0.29, 0.717) is 5.82 Å². The Bertz CT molecular complexity index is 1330. The average molecular weight is 442 g/mol. The van der Waals surface area contributed by atoms with Crippen molar-refractivity contribution in [2.75, 3.05) is 0 Å². The molecule has 9 heteroatoms. The molecule has 1 aliphatic carbocycles. The van der Waals surface area contributed by atoms with Crippen molar-refractivity contribution >= 4 is 22.8 Å². The molecule has 5 rings (SSSR count). The summed E-state index contributed by atoms with van der Waals surface area (Å²) in [5, 5.41) is 24.5. The minimum atomic E-state index is -1.00. The number of rotatable bonds is 7. The zero-order chi connectivity index (χ0) is 22.9. The lowest BCUT2D eigenvalue weighted by Gasteiger charge is -2.27. The summed E-state index contributed by atoms with van der Waals surface area (Å²) in [7, 11) is 0. The van der Waals surface area contributed by atoms with Gasteiger partial charge in [0.1, 0.15) is 6.04 Å². The lowest BCUT2D eigenvalue weighted by molar-refractivity contribution is -0.150. The van der Waals surface area contributed by atoms with Gasteiger partial charge in [-0.1, -0.05) is 36.4 Å². The molecule has 4 aromatic rings. The molecule has 166 valence electrons. The van der Waals surface area contributed by atoms with E-state index in [1.165, 1.54) is 4.90 Å². The molecule has 0 spiro atoms. The molecule has 0 radical (unpaired) electrons. The van der Waals surface area contributed by atoms with E-state index in [1.807, 2.05) is 54.6 Å². The molecular formula is C24H22N6O3. The number of benzene rings is 2. The second-order valence-corrected chi connectivity index (χ2v) is 8.27. The molecule has 1 saturated carbocycles. The molecule has 1 aliphatic rings. The minimum absolute atomic E-state index is 0.0453. The number of nitrogens with zero attached hydrogens (tertiary/aromatic N) is 5. The number of amides is 1. The summed E-state index contributed by atoms with van der Waals surface area (Å²) >= 11 is 0. The van der Waals surface area contributed by atoms with Crippen LogP contribution in [0.4, 0.5) is 0 Å². The van der Waals surface area contributed by atoms with E-state index in [9.17, 15) is 14.7 Å². The third-order valence-corrected chi connectivity index (χ3v) is 5.94. The summed E-state index contributed by atoms with van der Waals surface area (Å²) in [4.78, 5) is 30.5. The fourth-order valence-corrected chi connectivity index (χ4v) is 3.91. The number of pyridine rings is 1. The van der Waals surface area contributed by atoms with Crippen molar-refractivity contribution in [2.24, 2.45) is 5.92 Å². The van der Waals surface area contributed by atoms with Crippen molar-refractivity contribution in [3.63, 3.8) is 0 Å². The highest BCUT2D eigenvalue weighted by molar-refractivity contribution is 5.87. The van der Waals surface area contributed by atoms with Gasteiger partial charge in [-0.2, -0.15) is 0 Å². The first-order chi connectivity index (χ1) is 16.0. The van der Waals surface area contributed by atoms with E-state index in [1.54, 1.807) is 6.92 Å². The Morgan fingerprint density at radius 2 is 1.91 bits per heavy atom. The van der Waals surface area contributed by atoms with E-state index < -0.39 is 12.0 Å². The van der Waals surface area contributed by atoms with Gasteiger partial charge < -0.3 is 10.0 Å². The number of nitrogens with one attached hydrogen (secondary N) is 1. The van der Waals surface area contributed by atoms with E-state index in [-0.39, 0.29) is 18.4 Å². The van der Waals surface area contributed by atoms with Gasteiger partial charge in [-0.25, -0.2) is 14.9 Å². The summed E-state index contributed by atoms with van der Waals surface area (Å²) in [6.45, 7) is 1.81. The van der Waals surface area contributed by atoms with Crippen LogP contribution < -0.4 is 0 Å². The normalized spacial score (nSPS) is 14.2. The molecule has 1 atom stereocenters. The monoisotopic (exact) mass is 442 g/mol. The lowest BCUT2D eigenvalue weighted by atomic mass is 10.0. The highest BCUT2D eigenvalue weighted by Crippen LogP contribution is 2.33. The lowest BCUT2D eigenvalue weighted by Crippen LogP contribution is -2.43. The predicted octanol–water partition coefficient (Wildman–Crippen LogP) is 3.29. The average Bonchev–Trinajstić information content (AvgIpc) is 3.55. The summed E-state index contributed by atoms with van der Waals surface area (Å²) in [5.41, 5.74) is 4.20. The van der Waals surface area contributed by atoms with E-state index >= 15 is 0 Å². The number of aromatic nitrogens is 5. The Kier molecular flexibility index (Phi) is 5.29. The molecule has 2 aromatic carbocycles. The number of aliphatic carboxylic acids is 1. The first-order valence-corrected chi connectivity index (χ1v) is 10.8. The Labute approximate surface area is 189 Å². The van der Waals surface area contributed by atoms with Crippen LogP contribution in [0.5, 0.6) is 0 Å². The number of tetrazole rings is 1. The number of H-pyrrole nitrogens is 1. The van der Waals surface area contributed by atoms with E-state index in [4.69, 9.17) is 4.98 Å². The van der Waals surface area contributed by atoms with Gasteiger partial charge in [-0.05, 0) is 54.0 Å². The molecule has 9 nitrogen and oxygen atoms in total. The first kappa shape index (κ1) is 20.7. The standard InChI is InChI=1S/C24H22N6O3/c1-14(24(32)33)30(23(31)16-7-8-16)13-15-6-10-20-17(12-15)9-11-21(25-20)18-4-2-3-5-19(18)22-26-28-29-27-22/h2-6,9-12,14,16H,7-8,13H2,1H3,(H,32,33)(H,26,27,28,29)/t14-/m0/s1. The molecule has 1 fully saturated rings. The predicted molar refractivity (Wildman–Crippen MR) is 121 cm³/mol. The quantitative estimate of drug-likeness (QED) is 0.450. The smallest absolute Gasteiger partial charge is 0.326 e. The fourth-order valence-electron chi connectivity index (χ4n) is 3.91. The number of aromatic amines is 1. The van der Waals surface area contributed by atoms with Crippen LogP contribution in [0.2, 0.25) is 0 Å². The van der Waals surface area contributed by atoms with Crippen molar-refractivity contribution < 1.29 is 14.7 Å². The van der Waals surface area contributed by atoms with Gasteiger partial charge in [0, 0.05) is 29.0 Å². The molecule has 0 unspecified atom stereocenters. The minimum Gasteiger partial charge on any atom is -0.480 e. The van der Waals surface area contributed by atoms with Gasteiger partial charge in [-0.15, -0.1) is 5.10 Å². The fraction of sp³-hybridized carbons (Fsp3) is 0.250. The number of carbonyl (C=O) groups is 2. The van der Waals surface area contributed by atoms with E-state index in [2.05, 4.69) is 20.6 Å². The zero-order valence-electron chi connectivity index (χ0n) is 18.0. The number of hydrogen-bond donors (Lipinski definition) is 2. The van der Waals surface area contributed by atoms with Crippen molar-refractivity contribution in [2.45, 2.75) is 32.4 Å². The highest BCUT2D eigenvalue weighted by Gasteiger charge is 2.37. The largest absolute Gasteiger partial charge is 0.480 e. The highest BCUT2D eigenvalue weighted by atomic mass is 16.4. The van der Waals surface area contributed by atoms with Crippen molar-refractivity contribution in [3.05, 3.63) is 60.2 Å². The van der Waals surface area contributed by atoms with Gasteiger partial charge in [0.2, 0.25) is 5.91 Å². The first-order valence-electron chi connectivity index (χ1n) is 10.8. The molecule has 33 heavy (non-hydrogen) atoms. The topological polar surface area (TPSA) is 125 Å². The summed E-state index contributed by atoms with van der Waals surface area (Å²) < 4.78 is 0. The second-order valence-electron chi connectivity index (χ2n) is 8.27. The number of hydrogen-bond acceptors (Lipinski definition) is 6. The Morgan fingerprint density at radius 3 is 2.61 bits per heavy atom. The zero-order valence-corrected chi connectivity index (χ0v) is 18.0. The van der Waals surface area contributed by atoms with Gasteiger partial charge >= 0.3 is 5.97 Å². The second kappa shape index (κ2) is 8.42. The molecule has 2 heterocycles. The molecule has 2 aromatic heterocycles. The summed E-state index contributed by atoms with van der Waals surface area (Å²) in [6.07, 6.45) is 1.66. The van der Waals surface area contributed by atoms with Crippen molar-refractivity contribution in [1.82, 2.24) is 30.5 Å². The molecule has 0 bridgehead atoms. The molecule has 0 aliphatic heterocycles. The van der Waals surface area contributed by atoms with Crippen LogP contribution >= 0.6 is 0 Å². The Balaban J connectivity index is 1.45. The Morgan fingerprint density at radius 1 is 1.12 bits per heavy atom. The van der Waals surface area contributed by atoms with E-state index in [0.717, 1.165) is 46.1 Å². The maximum absolute atomic E-state index is 12.7. The number of carboxylic acids is 1. The third-order valence-electron chi connectivity index (χ3n) is 5.94. The summed E-state index contributed by atoms with van der Waals surface area (Å²) in [6, 6.07) is 16.5. The number of carbonyl (C=O) groups excluding carboxylic acids is 1. The van der Waals surface area contributed by atoms with Crippen LogP contribution in [0, 0.1) is 5.92 Å². The van der Waals surface area contributed by atoms with Crippen molar-refractivity contribution in [1.29, 1.82) is 0 Å². The van der Waals surface area contributed by atoms with Crippen LogP contribution in [0.15, 0.2) is 54.6 Å². The molecule has 1 amide bonds. The van der Waals surface area contributed by atoms with Gasteiger partial charge in [-0.3, -0.25) is 4.79 Å². The summed E-state index contributed by atoms with van der Waals surface area (Å²) in [5.74, 6) is -0.569. The van der Waals surface area contributed by atoms with Crippen LogP contribution in [0.3, 0.4) is 0 Å². The van der Waals surface area contributed by atoms with Crippen LogP contribution in [-0.4, -0.2) is 53.5 Å². The van der Waals surface area contributed by atoms with Gasteiger partial charge in [0.25, 0.3) is 0 Å². The molecular weight excluding hydrogens is 420 g/mol. The SMILES string of the molecule is C[C@@H](C(=O)O)N(Cc1ccc2nc(-c3ccccc3-c3nnn[nH]3)ccc2c1)C(=O)C1CC1. The maximum Gasteiger partial charge on any atom is 0.326 e. The molecule has 0 saturated heterocycles. The Hall–Kier alpha value is -4.14. The molecule has 2 N–H and O–H groups in total. The van der Waals surface area contributed by atoms with Gasteiger partial charge in [0.15, 0.2) is 5.82 Å². The van der Waals surface area contributed by atoms with Gasteiger partial charge in [0.05, 0.1) is 11.2 Å².